The topological polar surface area (TPSA) is 152 Å². The minimum atomic E-state index is -0.830. The van der Waals surface area contributed by atoms with Gasteiger partial charge in [-0.25, -0.2) is 0 Å². The van der Waals surface area contributed by atoms with Gasteiger partial charge >= 0.3 is 0 Å². The number of hydrogen-bond acceptors (Lipinski definition) is 7. The SMILES string of the molecule is Cc1ccc(-c2ccc(/C=C(\C#N)C(=O)Nc3ccc(Cl)c([N+](=O)[O-])c3)o2)c([N+](=O)[O-])c1. The normalized spacial score (nSPS) is 11.0. The first kappa shape index (κ1) is 22.2. The van der Waals surface area contributed by atoms with Crippen LogP contribution in [0, 0.1) is 38.5 Å². The molecule has 3 aromatic rings. The first-order chi connectivity index (χ1) is 15.2. The summed E-state index contributed by atoms with van der Waals surface area (Å²) < 4.78 is 5.58. The van der Waals surface area contributed by atoms with E-state index in [4.69, 9.17) is 16.0 Å². The van der Waals surface area contributed by atoms with E-state index in [0.29, 0.717) is 5.56 Å². The highest BCUT2D eigenvalue weighted by Crippen LogP contribution is 2.32. The minimum Gasteiger partial charge on any atom is -0.456 e. The standard InChI is InChI=1S/C21H13ClN4O6/c1-12-2-5-16(18(8-12)25(28)29)20-7-4-15(32-20)9-13(11-23)21(27)24-14-3-6-17(22)19(10-14)26(30)31/h2-10H,1H3,(H,24,27)/b13-9+. The van der Waals surface area contributed by atoms with Crippen molar-refractivity contribution in [2.24, 2.45) is 0 Å². The molecular formula is C21H13ClN4O6. The molecule has 0 atom stereocenters. The second kappa shape index (κ2) is 9.11. The van der Waals surface area contributed by atoms with E-state index in [1.54, 1.807) is 25.1 Å². The van der Waals surface area contributed by atoms with Crippen molar-refractivity contribution in [2.45, 2.75) is 6.92 Å². The molecule has 1 N–H and O–H groups in total. The predicted octanol–water partition coefficient (Wildman–Crippen LogP) is 5.27. The first-order valence-corrected chi connectivity index (χ1v) is 9.29. The highest BCUT2D eigenvalue weighted by molar-refractivity contribution is 6.32. The zero-order chi connectivity index (χ0) is 23.4. The molecule has 1 aromatic heterocycles. The van der Waals surface area contributed by atoms with Gasteiger partial charge in [0, 0.05) is 23.9 Å². The summed E-state index contributed by atoms with van der Waals surface area (Å²) in [5, 5.41) is 34.0. The van der Waals surface area contributed by atoms with Crippen LogP contribution in [-0.2, 0) is 4.79 Å². The van der Waals surface area contributed by atoms with Crippen LogP contribution >= 0.6 is 11.6 Å². The molecule has 3 rings (SSSR count). The first-order valence-electron chi connectivity index (χ1n) is 8.92. The molecule has 0 saturated carbocycles. The number of amides is 1. The maximum absolute atomic E-state index is 12.4. The number of nitrogens with one attached hydrogen (secondary N) is 1. The van der Waals surface area contributed by atoms with Gasteiger partial charge in [0.25, 0.3) is 17.3 Å². The van der Waals surface area contributed by atoms with Gasteiger partial charge in [-0.1, -0.05) is 17.7 Å². The molecule has 2 aromatic carbocycles. The molecule has 10 nitrogen and oxygen atoms in total. The van der Waals surface area contributed by atoms with E-state index in [0.717, 1.165) is 12.1 Å². The van der Waals surface area contributed by atoms with Gasteiger partial charge in [0.2, 0.25) is 0 Å². The van der Waals surface area contributed by atoms with Crippen LogP contribution in [0.2, 0.25) is 5.02 Å². The van der Waals surface area contributed by atoms with Crippen LogP contribution < -0.4 is 5.32 Å². The molecule has 0 unspecified atom stereocenters. The minimum absolute atomic E-state index is 0.0719. The molecule has 0 saturated heterocycles. The van der Waals surface area contributed by atoms with Gasteiger partial charge in [-0.2, -0.15) is 5.26 Å². The van der Waals surface area contributed by atoms with Gasteiger partial charge in [0.05, 0.1) is 15.4 Å². The van der Waals surface area contributed by atoms with Crippen molar-refractivity contribution >= 4 is 40.6 Å². The fourth-order valence-electron chi connectivity index (χ4n) is 2.80. The maximum atomic E-state index is 12.4. The van der Waals surface area contributed by atoms with Crippen LogP contribution in [0.5, 0.6) is 0 Å². The highest BCUT2D eigenvalue weighted by Gasteiger charge is 2.19. The van der Waals surface area contributed by atoms with Crippen LogP contribution in [0.15, 0.2) is 58.5 Å². The van der Waals surface area contributed by atoms with Crippen molar-refractivity contribution in [1.82, 2.24) is 0 Å². The summed E-state index contributed by atoms with van der Waals surface area (Å²) in [5.41, 5.74) is 0.138. The molecule has 32 heavy (non-hydrogen) atoms. The van der Waals surface area contributed by atoms with Crippen molar-refractivity contribution in [3.8, 4) is 17.4 Å². The van der Waals surface area contributed by atoms with E-state index in [2.05, 4.69) is 5.32 Å². The summed E-state index contributed by atoms with van der Waals surface area (Å²) in [6, 6.07) is 13.0. The van der Waals surface area contributed by atoms with E-state index in [1.807, 2.05) is 0 Å². The van der Waals surface area contributed by atoms with E-state index in [-0.39, 0.29) is 39.1 Å². The molecule has 0 aliphatic carbocycles. The molecule has 1 amide bonds. The second-order valence-electron chi connectivity index (χ2n) is 6.53. The number of benzene rings is 2. The quantitative estimate of drug-likeness (QED) is 0.231. The number of aryl methyl sites for hydroxylation is 1. The number of rotatable bonds is 6. The van der Waals surface area contributed by atoms with Gasteiger partial charge < -0.3 is 9.73 Å². The van der Waals surface area contributed by atoms with Gasteiger partial charge in [-0.3, -0.25) is 25.0 Å². The number of anilines is 1. The molecule has 1 heterocycles. The van der Waals surface area contributed by atoms with Crippen LogP contribution in [0.1, 0.15) is 11.3 Å². The van der Waals surface area contributed by atoms with Crippen LogP contribution in [0.25, 0.3) is 17.4 Å². The third-order valence-corrected chi connectivity index (χ3v) is 4.61. The number of hydrogen-bond donors (Lipinski definition) is 1. The number of carbonyl (C=O) groups excluding carboxylic acids is 1. The second-order valence-corrected chi connectivity index (χ2v) is 6.93. The smallest absolute Gasteiger partial charge is 0.289 e. The van der Waals surface area contributed by atoms with Crippen molar-refractivity contribution < 1.29 is 19.1 Å². The lowest BCUT2D eigenvalue weighted by atomic mass is 10.1. The van der Waals surface area contributed by atoms with Crippen molar-refractivity contribution in [3.05, 3.63) is 90.7 Å². The van der Waals surface area contributed by atoms with Crippen LogP contribution in [0.4, 0.5) is 17.1 Å². The molecule has 0 fully saturated rings. The van der Waals surface area contributed by atoms with Gasteiger partial charge in [0.1, 0.15) is 28.2 Å². The Morgan fingerprint density at radius 3 is 2.47 bits per heavy atom. The Kier molecular flexibility index (Phi) is 6.32. The van der Waals surface area contributed by atoms with Crippen molar-refractivity contribution in [3.63, 3.8) is 0 Å². The number of nitrogens with zero attached hydrogens (tertiary/aromatic N) is 3. The Balaban J connectivity index is 1.87. The molecule has 0 aliphatic heterocycles. The third-order valence-electron chi connectivity index (χ3n) is 4.29. The number of nitro benzene ring substituents is 2. The number of carbonyl (C=O) groups is 1. The molecule has 160 valence electrons. The van der Waals surface area contributed by atoms with Gasteiger partial charge in [-0.05, 0) is 42.8 Å². The van der Waals surface area contributed by atoms with Crippen LogP contribution in [0.3, 0.4) is 0 Å². The Morgan fingerprint density at radius 2 is 1.81 bits per heavy atom. The Bertz CT molecular complexity index is 1320. The summed E-state index contributed by atoms with van der Waals surface area (Å²) in [6.45, 7) is 1.72. The Hall–Kier alpha value is -4.49. The molecule has 0 radical (unpaired) electrons. The Morgan fingerprint density at radius 1 is 1.09 bits per heavy atom. The zero-order valence-electron chi connectivity index (χ0n) is 16.4. The fraction of sp³-hybridized carbons (Fsp3) is 0.0476. The average Bonchev–Trinajstić information content (AvgIpc) is 3.21. The van der Waals surface area contributed by atoms with E-state index in [1.165, 1.54) is 30.3 Å². The average molecular weight is 453 g/mol. The zero-order valence-corrected chi connectivity index (χ0v) is 17.1. The third kappa shape index (κ3) is 4.80. The van der Waals surface area contributed by atoms with Crippen molar-refractivity contribution in [1.29, 1.82) is 5.26 Å². The van der Waals surface area contributed by atoms with Crippen LogP contribution in [-0.4, -0.2) is 15.8 Å². The lowest BCUT2D eigenvalue weighted by Gasteiger charge is -2.04. The fourth-order valence-corrected chi connectivity index (χ4v) is 2.98. The van der Waals surface area contributed by atoms with E-state index in [9.17, 15) is 30.3 Å². The van der Waals surface area contributed by atoms with E-state index >= 15 is 0 Å². The highest BCUT2D eigenvalue weighted by atomic mass is 35.5. The summed E-state index contributed by atoms with van der Waals surface area (Å²) in [5.74, 6) is -0.527. The summed E-state index contributed by atoms with van der Waals surface area (Å²) >= 11 is 5.74. The number of nitriles is 1. The van der Waals surface area contributed by atoms with E-state index < -0.39 is 21.4 Å². The van der Waals surface area contributed by atoms with Gasteiger partial charge in [-0.15, -0.1) is 0 Å². The molecule has 0 aliphatic rings. The largest absolute Gasteiger partial charge is 0.456 e. The van der Waals surface area contributed by atoms with Crippen molar-refractivity contribution in [2.75, 3.05) is 5.32 Å². The summed E-state index contributed by atoms with van der Waals surface area (Å²) in [6.07, 6.45) is 1.16. The maximum Gasteiger partial charge on any atom is 0.289 e. The van der Waals surface area contributed by atoms with Gasteiger partial charge in [0.15, 0.2) is 0 Å². The summed E-state index contributed by atoms with van der Waals surface area (Å²) in [4.78, 5) is 33.5. The number of furan rings is 1. The lowest BCUT2D eigenvalue weighted by Crippen LogP contribution is -2.13. The lowest BCUT2D eigenvalue weighted by molar-refractivity contribution is -0.384. The Labute approximate surface area is 185 Å². The molecule has 0 spiro atoms. The summed E-state index contributed by atoms with van der Waals surface area (Å²) in [7, 11) is 0. The molecular weight excluding hydrogens is 440 g/mol. The monoisotopic (exact) mass is 452 g/mol. The predicted molar refractivity (Wildman–Crippen MR) is 116 cm³/mol. The molecule has 0 bridgehead atoms. The molecule has 11 heteroatoms. The number of nitro groups is 2. The number of halogens is 1.